The summed E-state index contributed by atoms with van der Waals surface area (Å²) in [4.78, 5) is 31.9. The van der Waals surface area contributed by atoms with Gasteiger partial charge in [-0.05, 0) is 31.5 Å². The van der Waals surface area contributed by atoms with Gasteiger partial charge in [0.2, 0.25) is 11.2 Å². The third-order valence-electron chi connectivity index (χ3n) is 4.37. The maximum atomic E-state index is 13.2. The van der Waals surface area contributed by atoms with E-state index in [9.17, 15) is 14.0 Å². The summed E-state index contributed by atoms with van der Waals surface area (Å²) >= 11 is 0. The van der Waals surface area contributed by atoms with E-state index in [0.717, 1.165) is 24.6 Å². The predicted octanol–water partition coefficient (Wildman–Crippen LogP) is 0.876. The molecule has 0 aliphatic heterocycles. The van der Waals surface area contributed by atoms with Crippen LogP contribution in [0.1, 0.15) is 19.4 Å². The lowest BCUT2D eigenvalue weighted by atomic mass is 10.2. The molecule has 3 rings (SSSR count). The summed E-state index contributed by atoms with van der Waals surface area (Å²) in [6.45, 7) is 5.88. The minimum absolute atomic E-state index is 0.308. The van der Waals surface area contributed by atoms with Gasteiger partial charge in [0, 0.05) is 7.05 Å². The molecule has 25 heavy (non-hydrogen) atoms. The van der Waals surface area contributed by atoms with E-state index in [4.69, 9.17) is 0 Å². The van der Waals surface area contributed by atoms with Crippen LogP contribution in [0, 0.1) is 5.82 Å². The molecule has 7 nitrogen and oxygen atoms in total. The Morgan fingerprint density at radius 3 is 2.36 bits per heavy atom. The predicted molar refractivity (Wildman–Crippen MR) is 93.4 cm³/mol. The van der Waals surface area contributed by atoms with Crippen LogP contribution in [0.4, 0.5) is 10.3 Å². The maximum Gasteiger partial charge on any atom is 0.359 e. The molecular weight excluding hydrogens is 325 g/mol. The Balaban J connectivity index is 2.27. The molecule has 0 aliphatic carbocycles. The van der Waals surface area contributed by atoms with E-state index in [1.807, 2.05) is 18.4 Å². The zero-order valence-corrected chi connectivity index (χ0v) is 14.5. The van der Waals surface area contributed by atoms with Crippen molar-refractivity contribution in [2.24, 2.45) is 7.05 Å². The second-order valence-corrected chi connectivity index (χ2v) is 5.85. The van der Waals surface area contributed by atoms with Crippen molar-refractivity contribution in [3.05, 3.63) is 56.5 Å². The smallest absolute Gasteiger partial charge is 0.271 e. The molecule has 0 amide bonds. The van der Waals surface area contributed by atoms with E-state index in [2.05, 4.69) is 14.9 Å². The Kier molecular flexibility index (Phi) is 4.43. The molecule has 1 aromatic carbocycles. The number of hydrogen-bond acceptors (Lipinski definition) is 3. The summed E-state index contributed by atoms with van der Waals surface area (Å²) in [6, 6.07) is 6.15. The minimum Gasteiger partial charge on any atom is -0.271 e. The molecule has 3 aromatic rings. The maximum absolute atomic E-state index is 13.2. The van der Waals surface area contributed by atoms with Crippen LogP contribution in [0.15, 0.2) is 33.9 Å². The fourth-order valence-corrected chi connectivity index (χ4v) is 2.98. The van der Waals surface area contributed by atoms with E-state index >= 15 is 0 Å². The van der Waals surface area contributed by atoms with E-state index in [1.165, 1.54) is 16.7 Å². The van der Waals surface area contributed by atoms with Crippen LogP contribution in [0.25, 0.3) is 11.2 Å². The molecule has 8 heteroatoms. The van der Waals surface area contributed by atoms with Gasteiger partial charge in [-0.15, -0.1) is 0 Å². The van der Waals surface area contributed by atoms with Crippen LogP contribution < -0.4 is 20.7 Å². The number of rotatable bonds is 5. The van der Waals surface area contributed by atoms with Gasteiger partial charge in [0.05, 0.1) is 19.6 Å². The molecule has 0 spiro atoms. The van der Waals surface area contributed by atoms with E-state index in [0.29, 0.717) is 17.7 Å². The molecule has 0 unspecified atom stereocenters. The fraction of sp³-hybridized carbons (Fsp3) is 0.353. The lowest BCUT2D eigenvalue weighted by Crippen LogP contribution is -2.44. The standard InChI is InChI=1S/C17H20FN5O2/c1-4-22(5-2)16-19-14-13(15(24)20-17(25)21(14)3)23(16)10-11-6-8-12(18)9-7-11/h6-9H,4-5,10H2,1-3H3,(H,20,24,25)/p+1. The number of benzene rings is 1. The molecule has 0 fully saturated rings. The number of aromatic amines is 2. The molecular formula is C17H21FN5O2+. The number of fused-ring (bicyclic) bond motifs is 1. The Labute approximate surface area is 143 Å². The molecule has 0 atom stereocenters. The number of aryl methyl sites for hydroxylation is 1. The second-order valence-electron chi connectivity index (χ2n) is 5.85. The average Bonchev–Trinajstić information content (AvgIpc) is 2.96. The lowest BCUT2D eigenvalue weighted by Gasteiger charge is -2.14. The van der Waals surface area contributed by atoms with Crippen molar-refractivity contribution in [2.45, 2.75) is 20.4 Å². The Morgan fingerprint density at radius 1 is 1.12 bits per heavy atom. The van der Waals surface area contributed by atoms with Crippen molar-refractivity contribution in [1.82, 2.24) is 14.5 Å². The number of halogens is 1. The highest BCUT2D eigenvalue weighted by Crippen LogP contribution is 2.13. The summed E-state index contributed by atoms with van der Waals surface area (Å²) in [7, 11) is 1.60. The van der Waals surface area contributed by atoms with E-state index in [1.54, 1.807) is 19.2 Å². The van der Waals surface area contributed by atoms with Gasteiger partial charge in [-0.2, -0.15) is 0 Å². The molecule has 0 radical (unpaired) electrons. The summed E-state index contributed by atoms with van der Waals surface area (Å²) in [5.74, 6) is 0.424. The van der Waals surface area contributed by atoms with Gasteiger partial charge in [-0.1, -0.05) is 12.1 Å². The van der Waals surface area contributed by atoms with Crippen molar-refractivity contribution in [1.29, 1.82) is 0 Å². The normalized spacial score (nSPS) is 11.2. The van der Waals surface area contributed by atoms with Crippen molar-refractivity contribution in [3.63, 3.8) is 0 Å². The summed E-state index contributed by atoms with van der Waals surface area (Å²) < 4.78 is 16.4. The van der Waals surface area contributed by atoms with Crippen LogP contribution in [-0.4, -0.2) is 27.6 Å². The van der Waals surface area contributed by atoms with Crippen molar-refractivity contribution < 1.29 is 8.96 Å². The minimum atomic E-state index is -0.473. The first-order chi connectivity index (χ1) is 12.0. The summed E-state index contributed by atoms with van der Waals surface area (Å²) in [6.07, 6.45) is 0. The van der Waals surface area contributed by atoms with Gasteiger partial charge in [0.15, 0.2) is 0 Å². The third kappa shape index (κ3) is 2.95. The highest BCUT2D eigenvalue weighted by molar-refractivity contribution is 5.67. The summed E-state index contributed by atoms with van der Waals surface area (Å²) in [5.41, 5.74) is 0.772. The molecule has 0 saturated carbocycles. The van der Waals surface area contributed by atoms with Crippen molar-refractivity contribution in [2.75, 3.05) is 18.0 Å². The highest BCUT2D eigenvalue weighted by Gasteiger charge is 2.26. The first kappa shape index (κ1) is 16.9. The first-order valence-electron chi connectivity index (χ1n) is 8.20. The Hall–Kier alpha value is -2.90. The van der Waals surface area contributed by atoms with Crippen molar-refractivity contribution >= 4 is 17.1 Å². The fourth-order valence-electron chi connectivity index (χ4n) is 2.98. The number of aromatic nitrogens is 4. The number of hydrogen-bond donors (Lipinski definition) is 2. The van der Waals surface area contributed by atoms with Gasteiger partial charge >= 0.3 is 11.6 Å². The molecule has 2 N–H and O–H groups in total. The number of nitrogens with zero attached hydrogens (tertiary/aromatic N) is 3. The van der Waals surface area contributed by atoms with Gasteiger partial charge in [-0.25, -0.2) is 18.7 Å². The van der Waals surface area contributed by atoms with Crippen LogP contribution in [0.3, 0.4) is 0 Å². The molecule has 0 aliphatic rings. The third-order valence-corrected chi connectivity index (χ3v) is 4.37. The average molecular weight is 346 g/mol. The zero-order valence-electron chi connectivity index (χ0n) is 14.5. The lowest BCUT2D eigenvalue weighted by molar-refractivity contribution is -0.650. The molecule has 2 aromatic heterocycles. The van der Waals surface area contributed by atoms with Crippen LogP contribution in [0.2, 0.25) is 0 Å². The van der Waals surface area contributed by atoms with Crippen LogP contribution >= 0.6 is 0 Å². The molecule has 2 heterocycles. The topological polar surface area (TPSA) is 77.8 Å². The SMILES string of the molecule is CCN(CC)c1[nH]c2c(c(=O)[nH]c(=O)n2C)[n+]1Cc1ccc(F)cc1. The van der Waals surface area contributed by atoms with Crippen LogP contribution in [0.5, 0.6) is 0 Å². The van der Waals surface area contributed by atoms with Crippen molar-refractivity contribution in [3.8, 4) is 0 Å². The first-order valence-corrected chi connectivity index (χ1v) is 8.20. The molecule has 0 bridgehead atoms. The molecule has 132 valence electrons. The van der Waals surface area contributed by atoms with Gasteiger partial charge < -0.3 is 0 Å². The van der Waals surface area contributed by atoms with E-state index < -0.39 is 11.2 Å². The number of H-pyrrole nitrogens is 2. The van der Waals surface area contributed by atoms with Gasteiger partial charge in [-0.3, -0.25) is 19.2 Å². The molecule has 0 saturated heterocycles. The second kappa shape index (κ2) is 6.54. The monoisotopic (exact) mass is 346 g/mol. The number of anilines is 1. The number of nitrogens with one attached hydrogen (secondary N) is 2. The van der Waals surface area contributed by atoms with Gasteiger partial charge in [0.1, 0.15) is 5.82 Å². The van der Waals surface area contributed by atoms with E-state index in [-0.39, 0.29) is 5.82 Å². The zero-order chi connectivity index (χ0) is 18.1. The summed E-state index contributed by atoms with van der Waals surface area (Å²) in [5, 5.41) is 0. The Morgan fingerprint density at radius 2 is 1.76 bits per heavy atom. The van der Waals surface area contributed by atoms with Crippen LogP contribution in [-0.2, 0) is 13.6 Å². The largest absolute Gasteiger partial charge is 0.359 e. The highest BCUT2D eigenvalue weighted by atomic mass is 19.1. The number of imidazole rings is 1. The van der Waals surface area contributed by atoms with Gasteiger partial charge in [0.25, 0.3) is 5.56 Å². The Bertz CT molecular complexity index is 1010. The quantitative estimate of drug-likeness (QED) is 0.673.